The van der Waals surface area contributed by atoms with Crippen LogP contribution in [0.15, 0.2) is 46.9 Å². The average molecular weight is 352 g/mol. The van der Waals surface area contributed by atoms with Gasteiger partial charge in [-0.05, 0) is 24.3 Å². The molecule has 6 heteroatoms. The van der Waals surface area contributed by atoms with Gasteiger partial charge in [0, 0.05) is 4.47 Å². The van der Waals surface area contributed by atoms with Crippen molar-refractivity contribution >= 4 is 27.5 Å². The Morgan fingerprint density at radius 2 is 1.58 bits per heavy atom. The fraction of sp³-hybridized carbons (Fsp3) is 0.0769. The summed E-state index contributed by atoms with van der Waals surface area (Å²) in [5, 5.41) is 0.246. The van der Waals surface area contributed by atoms with Crippen LogP contribution in [0.5, 0.6) is 11.5 Å². The van der Waals surface area contributed by atoms with Gasteiger partial charge in [0.1, 0.15) is 17.1 Å². The van der Waals surface area contributed by atoms with Gasteiger partial charge in [-0.25, -0.2) is 0 Å². The molecule has 0 aliphatic heterocycles. The maximum absolute atomic E-state index is 13.0. The van der Waals surface area contributed by atoms with Crippen LogP contribution in [0.4, 0.5) is 13.2 Å². The van der Waals surface area contributed by atoms with Gasteiger partial charge in [-0.15, -0.1) is 0 Å². The predicted molar refractivity (Wildman–Crippen MR) is 70.7 cm³/mol. The Balaban J connectivity index is 2.47. The van der Waals surface area contributed by atoms with Crippen LogP contribution in [0.3, 0.4) is 0 Å². The minimum atomic E-state index is -4.52. The van der Waals surface area contributed by atoms with E-state index >= 15 is 0 Å². The lowest BCUT2D eigenvalue weighted by molar-refractivity contribution is -0.139. The first-order valence-corrected chi connectivity index (χ1v) is 6.35. The SMILES string of the molecule is FC(F)(F)c1c(Br)cccc1Oc1ccccc1Cl. The molecule has 0 heterocycles. The molecule has 2 aromatic carbocycles. The third-order valence-corrected chi connectivity index (χ3v) is 3.29. The van der Waals surface area contributed by atoms with Crippen LogP contribution in [0.2, 0.25) is 5.02 Å². The van der Waals surface area contributed by atoms with Crippen molar-refractivity contribution in [2.75, 3.05) is 0 Å². The van der Waals surface area contributed by atoms with E-state index in [4.69, 9.17) is 16.3 Å². The third kappa shape index (κ3) is 3.22. The van der Waals surface area contributed by atoms with Crippen LogP contribution in [-0.2, 0) is 6.18 Å². The highest BCUT2D eigenvalue weighted by Gasteiger charge is 2.37. The zero-order valence-electron chi connectivity index (χ0n) is 9.34. The second-order valence-corrected chi connectivity index (χ2v) is 4.90. The van der Waals surface area contributed by atoms with Crippen molar-refractivity contribution in [3.05, 3.63) is 57.5 Å². The van der Waals surface area contributed by atoms with Gasteiger partial charge in [0.15, 0.2) is 0 Å². The van der Waals surface area contributed by atoms with Crippen molar-refractivity contribution in [2.45, 2.75) is 6.18 Å². The predicted octanol–water partition coefficient (Wildman–Crippen LogP) is 5.91. The van der Waals surface area contributed by atoms with E-state index in [1.165, 1.54) is 24.3 Å². The molecule has 0 bridgehead atoms. The van der Waals surface area contributed by atoms with E-state index in [1.807, 2.05) is 0 Å². The Bertz CT molecular complexity index is 599. The standard InChI is InChI=1S/C13H7BrClF3O/c14-8-4-3-7-11(12(8)13(16,17)18)19-10-6-2-1-5-9(10)15/h1-7H. The first-order chi connectivity index (χ1) is 8.89. The van der Waals surface area contributed by atoms with Crippen molar-refractivity contribution in [1.82, 2.24) is 0 Å². The molecule has 0 aromatic heterocycles. The number of rotatable bonds is 2. The summed E-state index contributed by atoms with van der Waals surface area (Å²) in [6.07, 6.45) is -4.52. The van der Waals surface area contributed by atoms with Gasteiger partial charge in [0.25, 0.3) is 0 Å². The lowest BCUT2D eigenvalue weighted by atomic mass is 10.2. The number of benzene rings is 2. The molecule has 0 spiro atoms. The quantitative estimate of drug-likeness (QED) is 0.653. The molecule has 19 heavy (non-hydrogen) atoms. The summed E-state index contributed by atoms with van der Waals surface area (Å²) in [7, 11) is 0. The van der Waals surface area contributed by atoms with Gasteiger partial charge in [0.05, 0.1) is 5.02 Å². The molecule has 0 radical (unpaired) electrons. The fourth-order valence-corrected chi connectivity index (χ4v) is 2.26. The Kier molecular flexibility index (Phi) is 4.06. The topological polar surface area (TPSA) is 9.23 Å². The monoisotopic (exact) mass is 350 g/mol. The maximum atomic E-state index is 13.0. The molecule has 0 amide bonds. The van der Waals surface area contributed by atoms with Crippen LogP contribution >= 0.6 is 27.5 Å². The van der Waals surface area contributed by atoms with E-state index in [0.29, 0.717) is 0 Å². The van der Waals surface area contributed by atoms with E-state index in [2.05, 4.69) is 15.9 Å². The molecule has 0 N–H and O–H groups in total. The lowest BCUT2D eigenvalue weighted by Crippen LogP contribution is -2.08. The summed E-state index contributed by atoms with van der Waals surface area (Å²) >= 11 is 8.74. The van der Waals surface area contributed by atoms with Crippen LogP contribution in [0, 0.1) is 0 Å². The molecule has 0 aliphatic carbocycles. The number of para-hydroxylation sites is 1. The minimum absolute atomic E-state index is 0.0791. The number of alkyl halides is 3. The fourth-order valence-electron chi connectivity index (χ4n) is 1.51. The van der Waals surface area contributed by atoms with Crippen molar-refractivity contribution in [3.63, 3.8) is 0 Å². The molecule has 0 saturated heterocycles. The van der Waals surface area contributed by atoms with E-state index in [1.54, 1.807) is 18.2 Å². The summed E-state index contributed by atoms with van der Waals surface area (Å²) in [6.45, 7) is 0. The number of hydrogen-bond acceptors (Lipinski definition) is 1. The number of halogens is 5. The summed E-state index contributed by atoms with van der Waals surface area (Å²) < 4.78 is 44.1. The molecule has 0 aliphatic rings. The zero-order valence-corrected chi connectivity index (χ0v) is 11.7. The van der Waals surface area contributed by atoms with Gasteiger partial charge >= 0.3 is 6.18 Å². The number of hydrogen-bond donors (Lipinski definition) is 0. The van der Waals surface area contributed by atoms with Gasteiger partial charge < -0.3 is 4.74 Å². The van der Waals surface area contributed by atoms with E-state index < -0.39 is 11.7 Å². The lowest BCUT2D eigenvalue weighted by Gasteiger charge is -2.15. The van der Waals surface area contributed by atoms with Gasteiger partial charge in [-0.1, -0.05) is 45.7 Å². The van der Waals surface area contributed by atoms with Crippen molar-refractivity contribution in [1.29, 1.82) is 0 Å². The summed E-state index contributed by atoms with van der Waals surface area (Å²) in [5.74, 6) is -0.122. The largest absolute Gasteiger partial charge is 0.455 e. The van der Waals surface area contributed by atoms with Gasteiger partial charge in [-0.3, -0.25) is 0 Å². The highest BCUT2D eigenvalue weighted by Crippen LogP contribution is 2.43. The second kappa shape index (κ2) is 5.43. The smallest absolute Gasteiger partial charge is 0.421 e. The second-order valence-electron chi connectivity index (χ2n) is 3.64. The molecular weight excluding hydrogens is 344 g/mol. The Morgan fingerprint density at radius 1 is 0.947 bits per heavy atom. The van der Waals surface area contributed by atoms with E-state index in [0.717, 1.165) is 0 Å². The molecule has 100 valence electrons. The van der Waals surface area contributed by atoms with Crippen LogP contribution < -0.4 is 4.74 Å². The summed E-state index contributed by atoms with van der Waals surface area (Å²) in [5.41, 5.74) is -0.866. The molecule has 2 rings (SSSR count). The zero-order chi connectivity index (χ0) is 14.0. The van der Waals surface area contributed by atoms with Crippen LogP contribution in [0.25, 0.3) is 0 Å². The van der Waals surface area contributed by atoms with Crippen molar-refractivity contribution in [3.8, 4) is 11.5 Å². The van der Waals surface area contributed by atoms with Crippen molar-refractivity contribution in [2.24, 2.45) is 0 Å². The summed E-state index contributed by atoms with van der Waals surface area (Å²) in [6, 6.07) is 10.4. The first-order valence-electron chi connectivity index (χ1n) is 5.17. The molecule has 0 unspecified atom stereocenters. The molecule has 1 nitrogen and oxygen atoms in total. The van der Waals surface area contributed by atoms with Crippen LogP contribution in [-0.4, -0.2) is 0 Å². The molecule has 0 fully saturated rings. The molecule has 2 aromatic rings. The Morgan fingerprint density at radius 3 is 2.21 bits per heavy atom. The molecule has 0 saturated carbocycles. The highest BCUT2D eigenvalue weighted by atomic mass is 79.9. The maximum Gasteiger partial charge on any atom is 0.421 e. The van der Waals surface area contributed by atoms with Crippen molar-refractivity contribution < 1.29 is 17.9 Å². The normalized spacial score (nSPS) is 11.4. The summed E-state index contributed by atoms with van der Waals surface area (Å²) in [4.78, 5) is 0. The van der Waals surface area contributed by atoms with Crippen LogP contribution in [0.1, 0.15) is 5.56 Å². The Hall–Kier alpha value is -1.20. The average Bonchev–Trinajstić information content (AvgIpc) is 2.30. The molecular formula is C13H7BrClF3O. The van der Waals surface area contributed by atoms with E-state index in [-0.39, 0.29) is 21.0 Å². The van der Waals surface area contributed by atoms with Gasteiger partial charge in [-0.2, -0.15) is 13.2 Å². The third-order valence-electron chi connectivity index (χ3n) is 2.32. The number of ether oxygens (including phenoxy) is 1. The molecule has 0 atom stereocenters. The Labute approximate surface area is 121 Å². The van der Waals surface area contributed by atoms with E-state index in [9.17, 15) is 13.2 Å². The minimum Gasteiger partial charge on any atom is -0.455 e. The highest BCUT2D eigenvalue weighted by molar-refractivity contribution is 9.10. The first kappa shape index (κ1) is 14.2. The van der Waals surface area contributed by atoms with Gasteiger partial charge in [0.2, 0.25) is 0 Å².